The van der Waals surface area contributed by atoms with E-state index in [9.17, 15) is 4.79 Å². The second-order valence-electron chi connectivity index (χ2n) is 4.79. The van der Waals surface area contributed by atoms with Crippen LogP contribution in [0.2, 0.25) is 10.0 Å². The van der Waals surface area contributed by atoms with Crippen LogP contribution in [0.15, 0.2) is 42.5 Å². The van der Waals surface area contributed by atoms with Crippen molar-refractivity contribution in [2.24, 2.45) is 0 Å². The number of aliphatic carboxylic acids is 1. The molecule has 0 aromatic heterocycles. The van der Waals surface area contributed by atoms with Gasteiger partial charge in [0.2, 0.25) is 0 Å². The van der Waals surface area contributed by atoms with E-state index >= 15 is 0 Å². The highest BCUT2D eigenvalue weighted by Gasteiger charge is 2.16. The van der Waals surface area contributed by atoms with Gasteiger partial charge in [0.15, 0.2) is 0 Å². The number of hydrogen-bond donors (Lipinski definition) is 1. The molecule has 1 unspecified atom stereocenters. The molecular formula is C17H16Cl2O4. The van der Waals surface area contributed by atoms with E-state index in [1.54, 1.807) is 42.5 Å². The molecule has 2 aromatic rings. The lowest BCUT2D eigenvalue weighted by atomic mass is 10.1. The Balaban J connectivity index is 2.14. The number of carbonyl (C=O) groups is 1. The van der Waals surface area contributed by atoms with E-state index in [0.717, 1.165) is 5.56 Å². The van der Waals surface area contributed by atoms with Crippen molar-refractivity contribution in [3.05, 3.63) is 58.1 Å². The molecule has 0 saturated carbocycles. The Labute approximate surface area is 144 Å². The fraction of sp³-hybridized carbons (Fsp3) is 0.235. The Morgan fingerprint density at radius 1 is 1.17 bits per heavy atom. The molecule has 23 heavy (non-hydrogen) atoms. The number of carboxylic acids is 1. The maximum Gasteiger partial charge on any atom is 0.306 e. The van der Waals surface area contributed by atoms with Gasteiger partial charge in [-0.25, -0.2) is 0 Å². The van der Waals surface area contributed by atoms with Gasteiger partial charge in [-0.05, 0) is 36.8 Å². The van der Waals surface area contributed by atoms with Crippen molar-refractivity contribution in [3.63, 3.8) is 0 Å². The number of rotatable bonds is 7. The molecule has 2 aromatic carbocycles. The van der Waals surface area contributed by atoms with Gasteiger partial charge in [0, 0.05) is 17.7 Å². The maximum atomic E-state index is 10.9. The van der Waals surface area contributed by atoms with Gasteiger partial charge in [-0.2, -0.15) is 0 Å². The summed E-state index contributed by atoms with van der Waals surface area (Å²) in [4.78, 5) is 10.9. The van der Waals surface area contributed by atoms with Gasteiger partial charge in [-0.3, -0.25) is 4.79 Å². The third-order valence-corrected chi connectivity index (χ3v) is 3.65. The lowest BCUT2D eigenvalue weighted by molar-refractivity contribution is -0.140. The molecule has 0 fully saturated rings. The molecule has 0 spiro atoms. The van der Waals surface area contributed by atoms with Crippen LogP contribution in [0.25, 0.3) is 0 Å². The molecule has 0 aliphatic heterocycles. The molecule has 1 N–H and O–H groups in total. The number of carboxylic acid groups (broad SMARTS) is 1. The standard InChI is InChI=1S/C17H16Cl2O4/c1-2-22-15(10-17(20)21)11-3-6-13(7-4-11)23-16-9-12(18)5-8-14(16)19/h3-9,15H,2,10H2,1H3,(H,20,21). The predicted molar refractivity (Wildman–Crippen MR) is 89.6 cm³/mol. The Morgan fingerprint density at radius 2 is 1.87 bits per heavy atom. The summed E-state index contributed by atoms with van der Waals surface area (Å²) in [6.07, 6.45) is -0.574. The summed E-state index contributed by atoms with van der Waals surface area (Å²) in [5.41, 5.74) is 0.777. The van der Waals surface area contributed by atoms with Crippen molar-refractivity contribution in [3.8, 4) is 11.5 Å². The third kappa shape index (κ3) is 5.13. The van der Waals surface area contributed by atoms with Gasteiger partial charge < -0.3 is 14.6 Å². The SMILES string of the molecule is CCOC(CC(=O)O)c1ccc(Oc2cc(Cl)ccc2Cl)cc1. The van der Waals surface area contributed by atoms with Gasteiger partial charge in [0.25, 0.3) is 0 Å². The normalized spacial score (nSPS) is 12.0. The first kappa shape index (κ1) is 17.6. The number of hydrogen-bond acceptors (Lipinski definition) is 3. The summed E-state index contributed by atoms with van der Waals surface area (Å²) in [6.45, 7) is 2.27. The zero-order valence-electron chi connectivity index (χ0n) is 12.5. The van der Waals surface area contributed by atoms with Crippen LogP contribution < -0.4 is 4.74 Å². The average molecular weight is 355 g/mol. The van der Waals surface area contributed by atoms with Crippen LogP contribution in [0.3, 0.4) is 0 Å². The van der Waals surface area contributed by atoms with Crippen molar-refractivity contribution in [1.29, 1.82) is 0 Å². The van der Waals surface area contributed by atoms with Gasteiger partial charge in [0.05, 0.1) is 17.5 Å². The summed E-state index contributed by atoms with van der Waals surface area (Å²) in [6, 6.07) is 12.0. The second kappa shape index (κ2) is 8.20. The zero-order valence-corrected chi connectivity index (χ0v) is 14.0. The van der Waals surface area contributed by atoms with Crippen molar-refractivity contribution in [2.75, 3.05) is 6.61 Å². The minimum Gasteiger partial charge on any atom is -0.481 e. The van der Waals surface area contributed by atoms with Crippen molar-refractivity contribution < 1.29 is 19.4 Å². The molecule has 0 radical (unpaired) electrons. The third-order valence-electron chi connectivity index (χ3n) is 3.10. The molecule has 4 nitrogen and oxygen atoms in total. The van der Waals surface area contributed by atoms with Gasteiger partial charge >= 0.3 is 5.97 Å². The van der Waals surface area contributed by atoms with Gasteiger partial charge in [0.1, 0.15) is 11.5 Å². The lowest BCUT2D eigenvalue weighted by Crippen LogP contribution is -2.10. The van der Waals surface area contributed by atoms with Crippen LogP contribution in [-0.4, -0.2) is 17.7 Å². The van der Waals surface area contributed by atoms with E-state index in [2.05, 4.69) is 0 Å². The molecular weight excluding hydrogens is 339 g/mol. The number of ether oxygens (including phenoxy) is 2. The predicted octanol–water partition coefficient (Wildman–Crippen LogP) is 5.34. The molecule has 0 bridgehead atoms. The van der Waals surface area contributed by atoms with Gasteiger partial charge in [-0.1, -0.05) is 35.3 Å². The Morgan fingerprint density at radius 3 is 2.48 bits per heavy atom. The molecule has 0 aliphatic rings. The van der Waals surface area contributed by atoms with Crippen LogP contribution >= 0.6 is 23.2 Å². The molecule has 0 saturated heterocycles. The fourth-order valence-electron chi connectivity index (χ4n) is 2.07. The number of halogens is 2. The lowest BCUT2D eigenvalue weighted by Gasteiger charge is -2.16. The molecule has 6 heteroatoms. The van der Waals surface area contributed by atoms with Gasteiger partial charge in [-0.15, -0.1) is 0 Å². The monoisotopic (exact) mass is 354 g/mol. The molecule has 2 rings (SSSR count). The largest absolute Gasteiger partial charge is 0.481 e. The van der Waals surface area contributed by atoms with E-state index in [0.29, 0.717) is 28.2 Å². The summed E-state index contributed by atoms with van der Waals surface area (Å²) >= 11 is 12.0. The van der Waals surface area contributed by atoms with Crippen molar-refractivity contribution >= 4 is 29.2 Å². The average Bonchev–Trinajstić information content (AvgIpc) is 2.51. The van der Waals surface area contributed by atoms with E-state index in [1.807, 2.05) is 6.92 Å². The van der Waals surface area contributed by atoms with Crippen LogP contribution in [0.4, 0.5) is 0 Å². The Kier molecular flexibility index (Phi) is 6.28. The van der Waals surface area contributed by atoms with Crippen molar-refractivity contribution in [2.45, 2.75) is 19.4 Å². The topological polar surface area (TPSA) is 55.8 Å². The first-order valence-corrected chi connectivity index (χ1v) is 7.81. The maximum absolute atomic E-state index is 10.9. The summed E-state index contributed by atoms with van der Waals surface area (Å²) in [7, 11) is 0. The zero-order chi connectivity index (χ0) is 16.8. The molecule has 1 atom stereocenters. The summed E-state index contributed by atoms with van der Waals surface area (Å²) < 4.78 is 11.2. The highest BCUT2D eigenvalue weighted by atomic mass is 35.5. The molecule has 0 amide bonds. The highest BCUT2D eigenvalue weighted by molar-refractivity contribution is 6.34. The molecule has 0 aliphatic carbocycles. The fourth-order valence-corrected chi connectivity index (χ4v) is 2.38. The minimum atomic E-state index is -0.908. The quantitative estimate of drug-likeness (QED) is 0.729. The van der Waals surface area contributed by atoms with Crippen LogP contribution in [0.1, 0.15) is 25.0 Å². The van der Waals surface area contributed by atoms with E-state index in [1.165, 1.54) is 0 Å². The molecule has 122 valence electrons. The Hall–Kier alpha value is -1.75. The van der Waals surface area contributed by atoms with Crippen LogP contribution in [-0.2, 0) is 9.53 Å². The molecule has 0 heterocycles. The number of benzene rings is 2. The van der Waals surface area contributed by atoms with E-state index in [4.69, 9.17) is 37.8 Å². The van der Waals surface area contributed by atoms with Crippen molar-refractivity contribution in [1.82, 2.24) is 0 Å². The van der Waals surface area contributed by atoms with E-state index < -0.39 is 12.1 Å². The Bertz CT molecular complexity index is 671. The summed E-state index contributed by atoms with van der Waals surface area (Å²) in [5.74, 6) is 0.122. The highest BCUT2D eigenvalue weighted by Crippen LogP contribution is 2.32. The first-order valence-electron chi connectivity index (χ1n) is 7.06. The van der Waals surface area contributed by atoms with Crippen LogP contribution in [0.5, 0.6) is 11.5 Å². The first-order chi connectivity index (χ1) is 11.0. The summed E-state index contributed by atoms with van der Waals surface area (Å²) in [5, 5.41) is 9.93. The van der Waals surface area contributed by atoms with E-state index in [-0.39, 0.29) is 6.42 Å². The smallest absolute Gasteiger partial charge is 0.306 e. The second-order valence-corrected chi connectivity index (χ2v) is 5.63. The minimum absolute atomic E-state index is 0.0891. The van der Waals surface area contributed by atoms with Crippen LogP contribution in [0, 0.1) is 0 Å².